The summed E-state index contributed by atoms with van der Waals surface area (Å²) in [5.41, 5.74) is 0.958. The van der Waals surface area contributed by atoms with Gasteiger partial charge in [-0.2, -0.15) is 22.7 Å². The van der Waals surface area contributed by atoms with Crippen molar-refractivity contribution in [3.05, 3.63) is 57.8 Å². The van der Waals surface area contributed by atoms with Crippen LogP contribution < -0.4 is 21.1 Å². The van der Waals surface area contributed by atoms with Gasteiger partial charge in [-0.1, -0.05) is 6.08 Å². The van der Waals surface area contributed by atoms with E-state index >= 15 is 0 Å². The molecule has 13 heteroatoms. The normalized spacial score (nSPS) is 16.6. The van der Waals surface area contributed by atoms with Gasteiger partial charge in [-0.3, -0.25) is 9.59 Å². The first-order chi connectivity index (χ1) is 17.7. The topological polar surface area (TPSA) is 106 Å². The molecule has 2 N–H and O–H groups in total. The number of halogens is 3. The molecule has 0 radical (unpaired) electrons. The molecule has 3 aromatic rings. The molecule has 4 heterocycles. The quantitative estimate of drug-likeness (QED) is 0.534. The molecule has 37 heavy (non-hydrogen) atoms. The van der Waals surface area contributed by atoms with Gasteiger partial charge < -0.3 is 24.8 Å². The monoisotopic (exact) mass is 517 g/mol. The maximum Gasteiger partial charge on any atom is 0.416 e. The number of ether oxygens (including phenoxy) is 1. The molecular weight excluding hydrogens is 491 g/mol. The van der Waals surface area contributed by atoms with Crippen molar-refractivity contribution >= 4 is 28.6 Å². The molecule has 0 atom stereocenters. The van der Waals surface area contributed by atoms with Crippen LogP contribution in [0.2, 0.25) is 0 Å². The highest BCUT2D eigenvalue weighted by Crippen LogP contribution is 2.30. The highest BCUT2D eigenvalue weighted by atomic mass is 19.4. The van der Waals surface area contributed by atoms with Crippen LogP contribution in [0.3, 0.4) is 0 Å². The number of anilines is 2. The van der Waals surface area contributed by atoms with E-state index in [4.69, 9.17) is 4.74 Å². The van der Waals surface area contributed by atoms with Crippen LogP contribution in [-0.4, -0.2) is 64.5 Å². The van der Waals surface area contributed by atoms with Crippen LogP contribution in [-0.2, 0) is 22.3 Å². The second-order valence-electron chi connectivity index (χ2n) is 8.89. The van der Waals surface area contributed by atoms with E-state index < -0.39 is 17.6 Å². The summed E-state index contributed by atoms with van der Waals surface area (Å²) in [4.78, 5) is 33.1. The van der Waals surface area contributed by atoms with Crippen molar-refractivity contribution in [2.24, 2.45) is 0 Å². The Labute approximate surface area is 209 Å². The van der Waals surface area contributed by atoms with Gasteiger partial charge in [-0.05, 0) is 43.2 Å². The summed E-state index contributed by atoms with van der Waals surface area (Å²) in [6, 6.07) is 4.22. The molecule has 196 valence electrons. The molecule has 1 amide bonds. The van der Waals surface area contributed by atoms with Gasteiger partial charge in [-0.15, -0.1) is 5.10 Å². The Morgan fingerprint density at radius 3 is 2.57 bits per heavy atom. The van der Waals surface area contributed by atoms with Crippen LogP contribution in [0.4, 0.5) is 24.5 Å². The van der Waals surface area contributed by atoms with Crippen LogP contribution in [0.1, 0.15) is 23.5 Å². The summed E-state index contributed by atoms with van der Waals surface area (Å²) in [6.45, 7) is 5.14. The van der Waals surface area contributed by atoms with Crippen LogP contribution in [0.15, 0.2) is 35.1 Å². The highest BCUT2D eigenvalue weighted by molar-refractivity contribution is 5.91. The third-order valence-corrected chi connectivity index (χ3v) is 6.46. The second-order valence-corrected chi connectivity index (χ2v) is 8.89. The van der Waals surface area contributed by atoms with Crippen molar-refractivity contribution in [3.8, 4) is 0 Å². The number of hydrogen-bond acceptors (Lipinski definition) is 7. The zero-order valence-corrected chi connectivity index (χ0v) is 20.1. The number of amides is 1. The van der Waals surface area contributed by atoms with Gasteiger partial charge in [-0.25, -0.2) is 0 Å². The van der Waals surface area contributed by atoms with E-state index in [9.17, 15) is 22.8 Å². The minimum absolute atomic E-state index is 0.212. The minimum Gasteiger partial charge on any atom is -0.377 e. The number of aromatic nitrogens is 4. The first kappa shape index (κ1) is 25.0. The third-order valence-electron chi connectivity index (χ3n) is 6.46. The number of fused-ring (bicyclic) bond motifs is 1. The summed E-state index contributed by atoms with van der Waals surface area (Å²) >= 11 is 0. The van der Waals surface area contributed by atoms with E-state index in [0.29, 0.717) is 63.0 Å². The van der Waals surface area contributed by atoms with E-state index in [1.807, 2.05) is 11.0 Å². The number of carbonyl (C=O) groups excluding carboxylic acids is 1. The molecule has 2 aromatic heterocycles. The molecule has 0 aliphatic carbocycles. The van der Waals surface area contributed by atoms with E-state index in [1.165, 1.54) is 16.6 Å². The average Bonchev–Trinajstić information content (AvgIpc) is 3.34. The molecule has 1 fully saturated rings. The van der Waals surface area contributed by atoms with Crippen LogP contribution in [0.5, 0.6) is 0 Å². The lowest BCUT2D eigenvalue weighted by atomic mass is 10.1. The van der Waals surface area contributed by atoms with E-state index in [0.717, 1.165) is 17.7 Å². The number of nitrogens with one attached hydrogen (secondary N) is 2. The standard InChI is InChI=1S/C24H26F3N7O3/c1-15-20(32-10-8-28-9-11-32)22(36)34-23(30-21(31-34)16-6-12-37-13-7-16)33(15)14-19(35)29-18-4-2-17(3-5-18)24(25,26)27/h2-6,28H,7-14H2,1H3,(H,29,35). The largest absolute Gasteiger partial charge is 0.416 e. The Bertz CT molecular complexity index is 1400. The number of rotatable bonds is 5. The zero-order chi connectivity index (χ0) is 26.2. The maximum absolute atomic E-state index is 13.5. The Balaban J connectivity index is 1.52. The number of alkyl halides is 3. The number of hydrogen-bond donors (Lipinski definition) is 2. The fourth-order valence-electron chi connectivity index (χ4n) is 4.54. The summed E-state index contributed by atoms with van der Waals surface area (Å²) in [6.07, 6.45) is -2.00. The van der Waals surface area contributed by atoms with Crippen molar-refractivity contribution in [2.75, 3.05) is 49.6 Å². The SMILES string of the molecule is Cc1c(N2CCNCC2)c(=O)n2nc(C3=CCOCC3)nc2n1CC(=O)Nc1ccc(C(F)(F)F)cc1. The molecule has 2 aliphatic rings. The van der Waals surface area contributed by atoms with Crippen LogP contribution in [0, 0.1) is 6.92 Å². The van der Waals surface area contributed by atoms with Crippen molar-refractivity contribution in [2.45, 2.75) is 26.1 Å². The summed E-state index contributed by atoms with van der Waals surface area (Å²) in [5.74, 6) is 0.134. The van der Waals surface area contributed by atoms with E-state index in [-0.39, 0.29) is 23.6 Å². The lowest BCUT2D eigenvalue weighted by Gasteiger charge is -2.30. The summed E-state index contributed by atoms with van der Waals surface area (Å²) < 4.78 is 46.8. The summed E-state index contributed by atoms with van der Waals surface area (Å²) in [5, 5.41) is 10.4. The fraction of sp³-hybridized carbons (Fsp3) is 0.417. The van der Waals surface area contributed by atoms with Crippen molar-refractivity contribution < 1.29 is 22.7 Å². The van der Waals surface area contributed by atoms with E-state index in [1.54, 1.807) is 11.5 Å². The van der Waals surface area contributed by atoms with E-state index in [2.05, 4.69) is 20.7 Å². The van der Waals surface area contributed by atoms with Gasteiger partial charge in [0.05, 0.1) is 18.8 Å². The minimum atomic E-state index is -4.47. The third kappa shape index (κ3) is 5.09. The molecule has 1 aromatic carbocycles. The van der Waals surface area contributed by atoms with Crippen molar-refractivity contribution in [1.82, 2.24) is 24.5 Å². The molecule has 0 saturated carbocycles. The molecular formula is C24H26F3N7O3. The van der Waals surface area contributed by atoms with Gasteiger partial charge in [0, 0.05) is 37.6 Å². The Morgan fingerprint density at radius 2 is 1.92 bits per heavy atom. The van der Waals surface area contributed by atoms with Gasteiger partial charge in [0.25, 0.3) is 5.56 Å². The first-order valence-corrected chi connectivity index (χ1v) is 11.9. The van der Waals surface area contributed by atoms with Crippen molar-refractivity contribution in [3.63, 3.8) is 0 Å². The molecule has 5 rings (SSSR count). The Hall–Kier alpha value is -3.71. The number of carbonyl (C=O) groups is 1. The summed E-state index contributed by atoms with van der Waals surface area (Å²) in [7, 11) is 0. The molecule has 10 nitrogen and oxygen atoms in total. The van der Waals surface area contributed by atoms with Crippen LogP contribution >= 0.6 is 0 Å². The van der Waals surface area contributed by atoms with Gasteiger partial charge in [0.2, 0.25) is 11.7 Å². The smallest absolute Gasteiger partial charge is 0.377 e. The van der Waals surface area contributed by atoms with Gasteiger partial charge in [0.1, 0.15) is 12.2 Å². The van der Waals surface area contributed by atoms with Crippen LogP contribution in [0.25, 0.3) is 11.4 Å². The number of piperazine rings is 1. The number of nitrogens with zero attached hydrogens (tertiary/aromatic N) is 5. The molecule has 0 bridgehead atoms. The van der Waals surface area contributed by atoms with Gasteiger partial charge >= 0.3 is 6.18 Å². The fourth-order valence-corrected chi connectivity index (χ4v) is 4.54. The zero-order valence-electron chi connectivity index (χ0n) is 20.1. The maximum atomic E-state index is 13.5. The first-order valence-electron chi connectivity index (χ1n) is 11.9. The lowest BCUT2D eigenvalue weighted by molar-refractivity contribution is -0.137. The Morgan fingerprint density at radius 1 is 1.19 bits per heavy atom. The lowest BCUT2D eigenvalue weighted by Crippen LogP contribution is -2.46. The average molecular weight is 518 g/mol. The number of benzene rings is 1. The molecule has 0 unspecified atom stereocenters. The predicted octanol–water partition coefficient (Wildman–Crippen LogP) is 2.07. The molecule has 2 aliphatic heterocycles. The van der Waals surface area contributed by atoms with Gasteiger partial charge in [0.15, 0.2) is 5.82 Å². The Kier molecular flexibility index (Phi) is 6.73. The molecule has 1 saturated heterocycles. The second kappa shape index (κ2) is 9.98. The predicted molar refractivity (Wildman–Crippen MR) is 131 cm³/mol. The van der Waals surface area contributed by atoms with Crippen molar-refractivity contribution in [1.29, 1.82) is 0 Å². The highest BCUT2D eigenvalue weighted by Gasteiger charge is 2.30. The molecule has 0 spiro atoms.